The van der Waals surface area contributed by atoms with Crippen molar-refractivity contribution in [2.75, 3.05) is 6.26 Å². The number of rotatable bonds is 4. The molecule has 1 aromatic rings. The van der Waals surface area contributed by atoms with Gasteiger partial charge in [0.25, 0.3) is 0 Å². The van der Waals surface area contributed by atoms with Gasteiger partial charge in [0.1, 0.15) is 11.8 Å². The first-order chi connectivity index (χ1) is 10.2. The molecule has 0 radical (unpaired) electrons. The zero-order valence-corrected chi connectivity index (χ0v) is 14.1. The standard InChI is InChI=1S/C16H20N2O3S/c1-5-6-12-7-8-14(17-11-12)15-9-13(21-18-15)10-16(2,3)22(4,19)20/h7-8,11,13H,9-10H2,1-4H3. The molecule has 0 N–H and O–H groups in total. The zero-order chi connectivity index (χ0) is 16.4. The van der Waals surface area contributed by atoms with Crippen LogP contribution in [0.25, 0.3) is 0 Å². The van der Waals surface area contributed by atoms with Crippen molar-refractivity contribution in [2.45, 2.75) is 44.5 Å². The summed E-state index contributed by atoms with van der Waals surface area (Å²) in [7, 11) is -3.15. The highest BCUT2D eigenvalue weighted by Crippen LogP contribution is 2.28. The van der Waals surface area contributed by atoms with E-state index >= 15 is 0 Å². The van der Waals surface area contributed by atoms with Crippen molar-refractivity contribution in [3.8, 4) is 11.8 Å². The van der Waals surface area contributed by atoms with Gasteiger partial charge in [0, 0.05) is 30.9 Å². The molecule has 1 unspecified atom stereocenters. The predicted molar refractivity (Wildman–Crippen MR) is 86.4 cm³/mol. The minimum absolute atomic E-state index is 0.239. The second-order valence-corrected chi connectivity index (χ2v) is 8.66. The number of oxime groups is 1. The SMILES string of the molecule is CC#Cc1ccc(C2=NOC(CC(C)(C)S(C)(=O)=O)C2)nc1. The fraction of sp³-hybridized carbons (Fsp3) is 0.500. The number of sulfone groups is 1. The maximum absolute atomic E-state index is 11.8. The number of aromatic nitrogens is 1. The summed E-state index contributed by atoms with van der Waals surface area (Å²) in [6, 6.07) is 3.74. The quantitative estimate of drug-likeness (QED) is 0.797. The molecule has 0 fully saturated rings. The maximum atomic E-state index is 11.8. The van der Waals surface area contributed by atoms with Gasteiger partial charge < -0.3 is 4.84 Å². The molecule has 1 aromatic heterocycles. The number of hydrogen-bond donors (Lipinski definition) is 0. The summed E-state index contributed by atoms with van der Waals surface area (Å²) in [5.41, 5.74) is 2.33. The second-order valence-electron chi connectivity index (χ2n) is 6.01. The smallest absolute Gasteiger partial charge is 0.152 e. The van der Waals surface area contributed by atoms with E-state index in [-0.39, 0.29) is 6.10 Å². The minimum Gasteiger partial charge on any atom is -0.392 e. The molecular weight excluding hydrogens is 300 g/mol. The van der Waals surface area contributed by atoms with Gasteiger partial charge in [-0.1, -0.05) is 11.1 Å². The largest absolute Gasteiger partial charge is 0.392 e. The highest BCUT2D eigenvalue weighted by Gasteiger charge is 2.36. The minimum atomic E-state index is -3.15. The van der Waals surface area contributed by atoms with Gasteiger partial charge in [-0.15, -0.1) is 5.92 Å². The van der Waals surface area contributed by atoms with Crippen molar-refractivity contribution in [3.05, 3.63) is 29.6 Å². The summed E-state index contributed by atoms with van der Waals surface area (Å²) in [6.07, 6.45) is 3.67. The van der Waals surface area contributed by atoms with Crippen molar-refractivity contribution >= 4 is 15.5 Å². The molecule has 0 spiro atoms. The van der Waals surface area contributed by atoms with E-state index in [0.717, 1.165) is 17.0 Å². The summed E-state index contributed by atoms with van der Waals surface area (Å²) in [5.74, 6) is 5.75. The Bertz CT molecular complexity index is 738. The molecule has 2 heterocycles. The van der Waals surface area contributed by atoms with Crippen LogP contribution < -0.4 is 0 Å². The Morgan fingerprint density at radius 1 is 1.41 bits per heavy atom. The lowest BCUT2D eigenvalue weighted by Gasteiger charge is -2.24. The lowest BCUT2D eigenvalue weighted by molar-refractivity contribution is 0.0725. The molecule has 0 saturated carbocycles. The molecule has 5 nitrogen and oxygen atoms in total. The molecule has 118 valence electrons. The Hall–Kier alpha value is -1.87. The normalized spacial score (nSPS) is 18.2. The molecule has 0 aliphatic carbocycles. The van der Waals surface area contributed by atoms with Crippen LogP contribution in [0.3, 0.4) is 0 Å². The van der Waals surface area contributed by atoms with Crippen LogP contribution in [0.15, 0.2) is 23.5 Å². The number of nitrogens with zero attached hydrogens (tertiary/aromatic N) is 2. The topological polar surface area (TPSA) is 68.6 Å². The second kappa shape index (κ2) is 6.09. The van der Waals surface area contributed by atoms with Crippen LogP contribution >= 0.6 is 0 Å². The summed E-state index contributed by atoms with van der Waals surface area (Å²) in [5, 5.41) is 4.05. The van der Waals surface area contributed by atoms with Crippen LogP contribution in [0.2, 0.25) is 0 Å². The van der Waals surface area contributed by atoms with Gasteiger partial charge in [-0.05, 0) is 32.9 Å². The highest BCUT2D eigenvalue weighted by molar-refractivity contribution is 7.92. The van der Waals surface area contributed by atoms with Gasteiger partial charge in [-0.25, -0.2) is 8.42 Å². The van der Waals surface area contributed by atoms with E-state index in [1.807, 2.05) is 12.1 Å². The van der Waals surface area contributed by atoms with Crippen LogP contribution in [0.5, 0.6) is 0 Å². The molecule has 0 saturated heterocycles. The van der Waals surface area contributed by atoms with Crippen LogP contribution in [-0.2, 0) is 14.7 Å². The molecule has 1 aliphatic rings. The Balaban J connectivity index is 2.04. The van der Waals surface area contributed by atoms with Crippen LogP contribution in [0.1, 0.15) is 44.9 Å². The summed E-state index contributed by atoms with van der Waals surface area (Å²) < 4.78 is 22.7. The van der Waals surface area contributed by atoms with E-state index in [2.05, 4.69) is 22.0 Å². The number of hydrogen-bond acceptors (Lipinski definition) is 5. The molecule has 0 aromatic carbocycles. The maximum Gasteiger partial charge on any atom is 0.152 e. The van der Waals surface area contributed by atoms with Gasteiger partial charge in [0.15, 0.2) is 9.84 Å². The zero-order valence-electron chi connectivity index (χ0n) is 13.3. The summed E-state index contributed by atoms with van der Waals surface area (Å²) in [4.78, 5) is 9.71. The molecule has 1 aliphatic heterocycles. The van der Waals surface area contributed by atoms with E-state index < -0.39 is 14.6 Å². The average Bonchev–Trinajstić information content (AvgIpc) is 2.86. The first kappa shape index (κ1) is 16.5. The van der Waals surface area contributed by atoms with Gasteiger partial charge in [0.2, 0.25) is 0 Å². The molecule has 0 bridgehead atoms. The molecule has 2 rings (SSSR count). The van der Waals surface area contributed by atoms with Crippen LogP contribution in [0.4, 0.5) is 0 Å². The van der Waals surface area contributed by atoms with Crippen molar-refractivity contribution in [2.24, 2.45) is 5.16 Å². The van der Waals surface area contributed by atoms with Gasteiger partial charge in [-0.2, -0.15) is 0 Å². The van der Waals surface area contributed by atoms with Crippen molar-refractivity contribution in [1.29, 1.82) is 0 Å². The van der Waals surface area contributed by atoms with Gasteiger partial charge >= 0.3 is 0 Å². The van der Waals surface area contributed by atoms with Crippen molar-refractivity contribution < 1.29 is 13.3 Å². The Morgan fingerprint density at radius 3 is 2.68 bits per heavy atom. The molecule has 0 amide bonds. The van der Waals surface area contributed by atoms with E-state index in [1.54, 1.807) is 27.0 Å². The fourth-order valence-corrected chi connectivity index (χ4v) is 2.66. The molecule has 22 heavy (non-hydrogen) atoms. The Morgan fingerprint density at radius 2 is 2.14 bits per heavy atom. The Kier molecular flexibility index (Phi) is 4.57. The third-order valence-corrected chi connectivity index (χ3v) is 5.96. The first-order valence-corrected chi connectivity index (χ1v) is 8.93. The third-order valence-electron chi connectivity index (χ3n) is 3.78. The lowest BCUT2D eigenvalue weighted by Crippen LogP contribution is -2.35. The van der Waals surface area contributed by atoms with E-state index in [1.165, 1.54) is 6.26 Å². The molecule has 1 atom stereocenters. The van der Waals surface area contributed by atoms with Gasteiger partial charge in [0.05, 0.1) is 10.4 Å². The third kappa shape index (κ3) is 3.66. The van der Waals surface area contributed by atoms with E-state index in [0.29, 0.717) is 12.8 Å². The molecular formula is C16H20N2O3S. The lowest BCUT2D eigenvalue weighted by atomic mass is 10.00. The van der Waals surface area contributed by atoms with Crippen LogP contribution in [-0.4, -0.2) is 36.2 Å². The molecule has 6 heteroatoms. The first-order valence-electron chi connectivity index (χ1n) is 7.04. The van der Waals surface area contributed by atoms with E-state index in [9.17, 15) is 8.42 Å². The Labute approximate surface area is 131 Å². The van der Waals surface area contributed by atoms with Crippen LogP contribution in [0, 0.1) is 11.8 Å². The monoisotopic (exact) mass is 320 g/mol. The predicted octanol–water partition coefficient (Wildman–Crippen LogP) is 2.16. The number of pyridine rings is 1. The van der Waals surface area contributed by atoms with Crippen molar-refractivity contribution in [3.63, 3.8) is 0 Å². The van der Waals surface area contributed by atoms with E-state index in [4.69, 9.17) is 4.84 Å². The highest BCUT2D eigenvalue weighted by atomic mass is 32.2. The summed E-state index contributed by atoms with van der Waals surface area (Å²) >= 11 is 0. The average molecular weight is 320 g/mol. The summed E-state index contributed by atoms with van der Waals surface area (Å²) in [6.45, 7) is 5.19. The van der Waals surface area contributed by atoms with Gasteiger partial charge in [-0.3, -0.25) is 4.98 Å². The van der Waals surface area contributed by atoms with Crippen molar-refractivity contribution in [1.82, 2.24) is 4.98 Å². The fourth-order valence-electron chi connectivity index (χ4n) is 2.17.